The van der Waals surface area contributed by atoms with E-state index in [0.717, 1.165) is 30.1 Å². The van der Waals surface area contributed by atoms with Crippen LogP contribution < -0.4 is 10.2 Å². The number of rotatable bonds is 9. The Morgan fingerprint density at radius 3 is 2.34 bits per heavy atom. The Kier molecular flexibility index (Phi) is 6.82. The fourth-order valence-corrected chi connectivity index (χ4v) is 5.05. The molecule has 4 aromatic rings. The predicted octanol–water partition coefficient (Wildman–Crippen LogP) is 5.42. The second kappa shape index (κ2) is 10.3. The maximum atomic E-state index is 13.0. The van der Waals surface area contributed by atoms with Crippen LogP contribution in [0.5, 0.6) is 5.75 Å². The summed E-state index contributed by atoms with van der Waals surface area (Å²) >= 11 is 0. The van der Waals surface area contributed by atoms with Crippen molar-refractivity contribution in [2.75, 3.05) is 13.7 Å². The van der Waals surface area contributed by atoms with E-state index >= 15 is 0 Å². The van der Waals surface area contributed by atoms with Crippen LogP contribution in [0.2, 0.25) is 0 Å². The molecule has 1 aliphatic rings. The van der Waals surface area contributed by atoms with E-state index in [4.69, 9.17) is 14.5 Å². The molecule has 5 rings (SSSR count). The second-order valence-corrected chi connectivity index (χ2v) is 8.95. The number of benzene rings is 2. The fraction of sp³-hybridized carbons (Fsp3) is 0.310. The number of ether oxygens (including phenoxy) is 2. The van der Waals surface area contributed by atoms with Crippen molar-refractivity contribution in [3.63, 3.8) is 0 Å². The first-order valence-electron chi connectivity index (χ1n) is 12.2. The minimum atomic E-state index is -0.119. The number of aromatic nitrogens is 3. The van der Waals surface area contributed by atoms with E-state index in [2.05, 4.69) is 64.6 Å². The zero-order chi connectivity index (χ0) is 24.2. The van der Waals surface area contributed by atoms with Crippen LogP contribution in [0, 0.1) is 0 Å². The van der Waals surface area contributed by atoms with Crippen molar-refractivity contribution < 1.29 is 9.47 Å². The molecule has 1 aliphatic heterocycles. The normalized spacial score (nSPS) is 14.5. The Morgan fingerprint density at radius 2 is 1.71 bits per heavy atom. The first kappa shape index (κ1) is 23.1. The van der Waals surface area contributed by atoms with Gasteiger partial charge in [-0.25, -0.2) is 4.98 Å². The summed E-state index contributed by atoms with van der Waals surface area (Å²) in [5.74, 6) is 1.19. The van der Waals surface area contributed by atoms with Gasteiger partial charge < -0.3 is 18.6 Å². The van der Waals surface area contributed by atoms with Gasteiger partial charge in [-0.2, -0.15) is 0 Å². The van der Waals surface area contributed by atoms with Crippen LogP contribution in [0.3, 0.4) is 0 Å². The lowest BCUT2D eigenvalue weighted by Crippen LogP contribution is -2.32. The third-order valence-electron chi connectivity index (χ3n) is 6.70. The van der Waals surface area contributed by atoms with E-state index in [9.17, 15) is 4.79 Å². The van der Waals surface area contributed by atoms with Gasteiger partial charge in [-0.1, -0.05) is 74.0 Å². The van der Waals surface area contributed by atoms with Crippen LogP contribution in [0.4, 0.5) is 0 Å². The molecule has 35 heavy (non-hydrogen) atoms. The maximum Gasteiger partial charge on any atom is 0.224 e. The number of nitrogens with zero attached hydrogens (tertiary/aromatic N) is 3. The smallest absolute Gasteiger partial charge is 0.224 e. The van der Waals surface area contributed by atoms with Gasteiger partial charge in [0, 0.05) is 31.8 Å². The van der Waals surface area contributed by atoms with Gasteiger partial charge in [-0.05, 0) is 17.5 Å². The summed E-state index contributed by atoms with van der Waals surface area (Å²) < 4.78 is 16.0. The summed E-state index contributed by atoms with van der Waals surface area (Å²) in [7, 11) is 1.69. The van der Waals surface area contributed by atoms with Gasteiger partial charge in [0.25, 0.3) is 0 Å². The average molecular weight is 470 g/mol. The second-order valence-electron chi connectivity index (χ2n) is 8.95. The van der Waals surface area contributed by atoms with Gasteiger partial charge in [0.1, 0.15) is 5.69 Å². The molecule has 0 fully saturated rings. The van der Waals surface area contributed by atoms with Crippen LogP contribution in [-0.2, 0) is 17.9 Å². The Hall–Kier alpha value is -3.64. The fourth-order valence-electron chi connectivity index (χ4n) is 5.05. The molecule has 180 valence electrons. The number of unbranched alkanes of at least 4 members (excludes halogenated alkanes) is 1. The first-order valence-corrected chi connectivity index (χ1v) is 12.2. The molecule has 1 atom stereocenters. The van der Waals surface area contributed by atoms with E-state index in [-0.39, 0.29) is 17.4 Å². The molecule has 3 heterocycles. The molecule has 2 aromatic carbocycles. The maximum absolute atomic E-state index is 13.0. The molecule has 6 heteroatoms. The van der Waals surface area contributed by atoms with Gasteiger partial charge in [0.05, 0.1) is 31.1 Å². The monoisotopic (exact) mass is 469 g/mol. The summed E-state index contributed by atoms with van der Waals surface area (Å²) in [6.07, 6.45) is 5.63. The summed E-state index contributed by atoms with van der Waals surface area (Å²) in [5.41, 5.74) is 4.04. The topological polar surface area (TPSA) is 58.3 Å². The standard InChI is InChI=1S/C29H31N3O3/c1-3-4-17-35-28-25(33)15-16-31-24(19-32-23(20-34-2)18-30-29(32)27(28)31)26(21-11-7-5-8-12-21)22-13-9-6-10-14-22/h5-16,18,24,26H,3-4,17,19-20H2,1-2H3/t24-/m1/s1. The third-order valence-corrected chi connectivity index (χ3v) is 6.70. The van der Waals surface area contributed by atoms with Crippen LogP contribution >= 0.6 is 0 Å². The lowest BCUT2D eigenvalue weighted by Gasteiger charge is -2.37. The first-order chi connectivity index (χ1) is 17.2. The highest BCUT2D eigenvalue weighted by Crippen LogP contribution is 2.43. The van der Waals surface area contributed by atoms with E-state index in [1.54, 1.807) is 13.2 Å². The van der Waals surface area contributed by atoms with Gasteiger partial charge in [-0.15, -0.1) is 0 Å². The van der Waals surface area contributed by atoms with Crippen molar-refractivity contribution in [1.82, 2.24) is 14.1 Å². The molecule has 0 saturated heterocycles. The molecule has 0 amide bonds. The molecule has 0 unspecified atom stereocenters. The number of methoxy groups -OCH3 is 1. The summed E-state index contributed by atoms with van der Waals surface area (Å²) in [4.78, 5) is 17.8. The van der Waals surface area contributed by atoms with Gasteiger partial charge >= 0.3 is 0 Å². The number of hydrogen-bond acceptors (Lipinski definition) is 4. The zero-order valence-corrected chi connectivity index (χ0v) is 20.3. The highest BCUT2D eigenvalue weighted by molar-refractivity contribution is 5.62. The molecular weight excluding hydrogens is 438 g/mol. The van der Waals surface area contributed by atoms with Crippen LogP contribution in [0.15, 0.2) is 83.9 Å². The number of imidazole rings is 1. The van der Waals surface area contributed by atoms with Crippen molar-refractivity contribution in [1.29, 1.82) is 0 Å². The molecule has 0 spiro atoms. The SMILES string of the molecule is CCCCOc1c2n(ccc1=O)[C@@H](C(c1ccccc1)c1ccccc1)Cn1c(COC)cnc1-2. The van der Waals surface area contributed by atoms with Gasteiger partial charge in [-0.3, -0.25) is 4.79 Å². The van der Waals surface area contributed by atoms with E-state index in [0.29, 0.717) is 25.5 Å². The molecule has 0 bridgehead atoms. The highest BCUT2D eigenvalue weighted by atomic mass is 16.5. The largest absolute Gasteiger partial charge is 0.487 e. The van der Waals surface area contributed by atoms with Crippen molar-refractivity contribution in [3.05, 3.63) is 106 Å². The minimum absolute atomic E-state index is 0.00114. The third kappa shape index (κ3) is 4.42. The van der Waals surface area contributed by atoms with Crippen LogP contribution in [0.1, 0.15) is 48.5 Å². The van der Waals surface area contributed by atoms with Crippen molar-refractivity contribution >= 4 is 0 Å². The predicted molar refractivity (Wildman–Crippen MR) is 137 cm³/mol. The molecule has 0 saturated carbocycles. The molecule has 0 aliphatic carbocycles. The van der Waals surface area contributed by atoms with Gasteiger partial charge in [0.15, 0.2) is 11.6 Å². The summed E-state index contributed by atoms with van der Waals surface area (Å²) in [6.45, 7) is 3.76. The molecular formula is C29H31N3O3. The van der Waals surface area contributed by atoms with Crippen molar-refractivity contribution in [3.8, 4) is 17.3 Å². The number of hydrogen-bond donors (Lipinski definition) is 0. The quantitative estimate of drug-likeness (QED) is 0.307. The Morgan fingerprint density at radius 1 is 1.03 bits per heavy atom. The Balaban J connectivity index is 1.73. The van der Waals surface area contributed by atoms with E-state index in [1.165, 1.54) is 11.1 Å². The van der Waals surface area contributed by atoms with E-state index in [1.807, 2.05) is 24.5 Å². The average Bonchev–Trinajstić information content (AvgIpc) is 3.29. The van der Waals surface area contributed by atoms with Gasteiger partial charge in [0.2, 0.25) is 5.43 Å². The Labute approximate surface area is 205 Å². The van der Waals surface area contributed by atoms with Crippen LogP contribution in [-0.4, -0.2) is 27.8 Å². The van der Waals surface area contributed by atoms with Crippen LogP contribution in [0.25, 0.3) is 11.5 Å². The molecule has 2 aromatic heterocycles. The number of pyridine rings is 1. The summed E-state index contributed by atoms with van der Waals surface area (Å²) in [6, 6.07) is 22.8. The van der Waals surface area contributed by atoms with Crippen molar-refractivity contribution in [2.24, 2.45) is 0 Å². The molecule has 6 nitrogen and oxygen atoms in total. The minimum Gasteiger partial charge on any atom is -0.487 e. The lowest BCUT2D eigenvalue weighted by atomic mass is 9.83. The van der Waals surface area contributed by atoms with E-state index < -0.39 is 0 Å². The van der Waals surface area contributed by atoms with Crippen molar-refractivity contribution in [2.45, 2.75) is 44.9 Å². The lowest BCUT2D eigenvalue weighted by molar-refractivity contribution is 0.176. The molecule has 0 radical (unpaired) electrons. The highest BCUT2D eigenvalue weighted by Gasteiger charge is 2.36. The Bertz CT molecular complexity index is 1290. The molecule has 0 N–H and O–H groups in total. The number of fused-ring (bicyclic) bond motifs is 3. The zero-order valence-electron chi connectivity index (χ0n) is 20.3. The summed E-state index contributed by atoms with van der Waals surface area (Å²) in [5, 5.41) is 0.